The van der Waals surface area contributed by atoms with Gasteiger partial charge in [0.05, 0.1) is 5.52 Å². The van der Waals surface area contributed by atoms with Crippen molar-refractivity contribution in [1.82, 2.24) is 9.97 Å². The highest BCUT2D eigenvalue weighted by Gasteiger charge is 2.08. The number of anilines is 1. The van der Waals surface area contributed by atoms with E-state index in [1.54, 1.807) is 6.33 Å². The first-order chi connectivity index (χ1) is 8.35. The van der Waals surface area contributed by atoms with Gasteiger partial charge in [-0.05, 0) is 25.0 Å². The number of hydrogen-bond donors (Lipinski definition) is 2. The molecule has 1 heterocycles. The van der Waals surface area contributed by atoms with Crippen LogP contribution in [-0.4, -0.2) is 27.7 Å². The first kappa shape index (κ1) is 11.8. The lowest BCUT2D eigenvalue weighted by molar-refractivity contribution is 0.278. The molecule has 0 aliphatic heterocycles. The molecule has 2 aromatic rings. The smallest absolute Gasteiger partial charge is 0.137 e. The molecule has 4 nitrogen and oxygen atoms in total. The summed E-state index contributed by atoms with van der Waals surface area (Å²) in [5.41, 5.74) is 0.934. The number of aliphatic hydroxyl groups is 1. The zero-order valence-corrected chi connectivity index (χ0v) is 9.93. The second-order valence-corrected chi connectivity index (χ2v) is 4.00. The monoisotopic (exact) mass is 231 g/mol. The molecule has 2 N–H and O–H groups in total. The maximum absolute atomic E-state index is 8.99. The Morgan fingerprint density at radius 3 is 2.88 bits per heavy atom. The van der Waals surface area contributed by atoms with Crippen molar-refractivity contribution in [2.75, 3.05) is 11.9 Å². The number of hydrogen-bond acceptors (Lipinski definition) is 4. The van der Waals surface area contributed by atoms with Crippen LogP contribution in [0.15, 0.2) is 30.6 Å². The van der Waals surface area contributed by atoms with E-state index in [4.69, 9.17) is 5.11 Å². The third-order valence-electron chi connectivity index (χ3n) is 2.85. The van der Waals surface area contributed by atoms with Crippen LogP contribution in [0.2, 0.25) is 0 Å². The Balaban J connectivity index is 2.28. The second-order valence-electron chi connectivity index (χ2n) is 4.00. The zero-order chi connectivity index (χ0) is 12.1. The molecule has 2 rings (SSSR count). The average Bonchev–Trinajstić information content (AvgIpc) is 2.38. The van der Waals surface area contributed by atoms with Crippen molar-refractivity contribution in [3.8, 4) is 0 Å². The number of rotatable bonds is 5. The van der Waals surface area contributed by atoms with Crippen LogP contribution in [-0.2, 0) is 0 Å². The first-order valence-corrected chi connectivity index (χ1v) is 5.92. The molecule has 1 aromatic carbocycles. The van der Waals surface area contributed by atoms with Crippen molar-refractivity contribution < 1.29 is 5.11 Å². The fraction of sp³-hybridized carbons (Fsp3) is 0.385. The van der Waals surface area contributed by atoms with Crippen LogP contribution < -0.4 is 5.32 Å². The largest absolute Gasteiger partial charge is 0.396 e. The van der Waals surface area contributed by atoms with Crippen molar-refractivity contribution in [2.45, 2.75) is 25.8 Å². The van der Waals surface area contributed by atoms with Crippen molar-refractivity contribution >= 4 is 16.7 Å². The Bertz CT molecular complexity index is 482. The predicted molar refractivity (Wildman–Crippen MR) is 68.9 cm³/mol. The molecule has 0 saturated heterocycles. The van der Waals surface area contributed by atoms with Gasteiger partial charge in [-0.1, -0.05) is 19.1 Å². The summed E-state index contributed by atoms with van der Waals surface area (Å²) in [6, 6.07) is 8.16. The molecular weight excluding hydrogens is 214 g/mol. The van der Waals surface area contributed by atoms with E-state index in [0.29, 0.717) is 0 Å². The molecule has 0 bridgehead atoms. The van der Waals surface area contributed by atoms with E-state index in [2.05, 4.69) is 22.2 Å². The van der Waals surface area contributed by atoms with Crippen LogP contribution in [0.4, 0.5) is 5.82 Å². The minimum atomic E-state index is 0.189. The van der Waals surface area contributed by atoms with Crippen LogP contribution in [0, 0.1) is 0 Å². The Hall–Kier alpha value is -1.68. The quantitative estimate of drug-likeness (QED) is 0.828. The maximum Gasteiger partial charge on any atom is 0.137 e. The maximum atomic E-state index is 8.99. The fourth-order valence-electron chi connectivity index (χ4n) is 1.85. The highest BCUT2D eigenvalue weighted by molar-refractivity contribution is 5.88. The Morgan fingerprint density at radius 2 is 2.12 bits per heavy atom. The molecule has 0 aliphatic carbocycles. The number of fused-ring (bicyclic) bond motifs is 1. The minimum absolute atomic E-state index is 0.189. The summed E-state index contributed by atoms with van der Waals surface area (Å²) in [6.45, 7) is 2.28. The van der Waals surface area contributed by atoms with Gasteiger partial charge in [-0.15, -0.1) is 0 Å². The van der Waals surface area contributed by atoms with Crippen molar-refractivity contribution in [2.24, 2.45) is 0 Å². The molecule has 1 aromatic heterocycles. The number of benzene rings is 1. The van der Waals surface area contributed by atoms with E-state index in [1.165, 1.54) is 0 Å². The molecule has 4 heteroatoms. The lowest BCUT2D eigenvalue weighted by Gasteiger charge is -2.17. The Kier molecular flexibility index (Phi) is 3.88. The van der Waals surface area contributed by atoms with Gasteiger partial charge in [0, 0.05) is 18.0 Å². The van der Waals surface area contributed by atoms with Gasteiger partial charge in [-0.2, -0.15) is 0 Å². The van der Waals surface area contributed by atoms with E-state index in [-0.39, 0.29) is 12.6 Å². The summed E-state index contributed by atoms with van der Waals surface area (Å²) in [6.07, 6.45) is 3.25. The second kappa shape index (κ2) is 5.59. The van der Waals surface area contributed by atoms with Gasteiger partial charge in [0.1, 0.15) is 12.1 Å². The van der Waals surface area contributed by atoms with Crippen molar-refractivity contribution in [3.63, 3.8) is 0 Å². The van der Waals surface area contributed by atoms with Gasteiger partial charge in [0.15, 0.2) is 0 Å². The van der Waals surface area contributed by atoms with Crippen LogP contribution in [0.25, 0.3) is 10.9 Å². The number of aliphatic hydroxyl groups excluding tert-OH is 1. The summed E-state index contributed by atoms with van der Waals surface area (Å²) in [4.78, 5) is 8.49. The molecular formula is C13H17N3O. The first-order valence-electron chi connectivity index (χ1n) is 5.92. The highest BCUT2D eigenvalue weighted by Crippen LogP contribution is 2.20. The molecule has 0 spiro atoms. The fourth-order valence-corrected chi connectivity index (χ4v) is 1.85. The SMILES string of the molecule is CCC(CCO)Nc1ncnc2ccccc12. The lowest BCUT2D eigenvalue weighted by atomic mass is 10.1. The summed E-state index contributed by atoms with van der Waals surface area (Å²) in [5.74, 6) is 0.843. The van der Waals surface area contributed by atoms with Gasteiger partial charge < -0.3 is 10.4 Å². The van der Waals surface area contributed by atoms with E-state index >= 15 is 0 Å². The van der Waals surface area contributed by atoms with Crippen LogP contribution in [0.1, 0.15) is 19.8 Å². The molecule has 0 radical (unpaired) electrons. The van der Waals surface area contributed by atoms with Gasteiger partial charge in [0.2, 0.25) is 0 Å². The number of aromatic nitrogens is 2. The van der Waals surface area contributed by atoms with Gasteiger partial charge >= 0.3 is 0 Å². The molecule has 0 saturated carbocycles. The molecule has 0 amide bonds. The number of nitrogens with zero attached hydrogens (tertiary/aromatic N) is 2. The third kappa shape index (κ3) is 2.71. The molecule has 90 valence electrons. The highest BCUT2D eigenvalue weighted by atomic mass is 16.3. The minimum Gasteiger partial charge on any atom is -0.396 e. The topological polar surface area (TPSA) is 58.0 Å². The zero-order valence-electron chi connectivity index (χ0n) is 9.93. The number of nitrogens with one attached hydrogen (secondary N) is 1. The average molecular weight is 231 g/mol. The van der Waals surface area contributed by atoms with E-state index in [1.807, 2.05) is 24.3 Å². The summed E-state index contributed by atoms with van der Waals surface area (Å²) >= 11 is 0. The van der Waals surface area contributed by atoms with Gasteiger partial charge in [-0.3, -0.25) is 0 Å². The van der Waals surface area contributed by atoms with Crippen molar-refractivity contribution in [1.29, 1.82) is 0 Å². The van der Waals surface area contributed by atoms with Crippen LogP contribution >= 0.6 is 0 Å². The van der Waals surface area contributed by atoms with Crippen molar-refractivity contribution in [3.05, 3.63) is 30.6 Å². The molecule has 0 fully saturated rings. The summed E-state index contributed by atoms with van der Waals surface area (Å²) in [7, 11) is 0. The standard InChI is InChI=1S/C13H17N3O/c1-2-10(7-8-17)16-13-11-5-3-4-6-12(11)14-9-15-13/h3-6,9-10,17H,2,7-8H2,1H3,(H,14,15,16). The number of para-hydroxylation sites is 1. The predicted octanol–water partition coefficient (Wildman–Crippen LogP) is 2.20. The van der Waals surface area contributed by atoms with Crippen LogP contribution in [0.5, 0.6) is 0 Å². The Labute approximate surface area is 101 Å². The Morgan fingerprint density at radius 1 is 1.29 bits per heavy atom. The molecule has 1 unspecified atom stereocenters. The molecule has 0 aliphatic rings. The van der Waals surface area contributed by atoms with E-state index in [0.717, 1.165) is 29.6 Å². The van der Waals surface area contributed by atoms with Gasteiger partial charge in [-0.25, -0.2) is 9.97 Å². The summed E-state index contributed by atoms with van der Waals surface area (Å²) < 4.78 is 0. The van der Waals surface area contributed by atoms with Gasteiger partial charge in [0.25, 0.3) is 0 Å². The van der Waals surface area contributed by atoms with E-state index < -0.39 is 0 Å². The summed E-state index contributed by atoms with van der Waals surface area (Å²) in [5, 5.41) is 13.4. The van der Waals surface area contributed by atoms with Crippen LogP contribution in [0.3, 0.4) is 0 Å². The molecule has 1 atom stereocenters. The normalized spacial score (nSPS) is 12.6. The molecule has 17 heavy (non-hydrogen) atoms. The third-order valence-corrected chi connectivity index (χ3v) is 2.85. The lowest BCUT2D eigenvalue weighted by Crippen LogP contribution is -2.20. The van der Waals surface area contributed by atoms with E-state index in [9.17, 15) is 0 Å².